The van der Waals surface area contributed by atoms with Crippen LogP contribution in [-0.2, 0) is 0 Å². The molecule has 0 saturated carbocycles. The number of aromatic nitrogens is 1. The zero-order valence-electron chi connectivity index (χ0n) is 6.97. The zero-order valence-corrected chi connectivity index (χ0v) is 6.97. The van der Waals surface area contributed by atoms with Gasteiger partial charge in [-0.1, -0.05) is 0 Å². The number of hydrogen-bond donors (Lipinski definition) is 1. The Kier molecular flexibility index (Phi) is 2.65. The van der Waals surface area contributed by atoms with Crippen LogP contribution in [-0.4, -0.2) is 11.3 Å². The maximum atomic E-state index is 12.8. The summed E-state index contributed by atoms with van der Waals surface area (Å²) in [5.41, 5.74) is 4.21. The van der Waals surface area contributed by atoms with Gasteiger partial charge in [-0.05, 0) is 0 Å². The quantitative estimate of drug-likeness (QED) is 0.730. The summed E-state index contributed by atoms with van der Waals surface area (Å²) in [5, 5.41) is 8.38. The average molecular weight is 221 g/mol. The fraction of sp³-hybridized carbons (Fsp3) is 0.143. The first-order valence-corrected chi connectivity index (χ1v) is 3.45. The molecule has 15 heavy (non-hydrogen) atoms. The fourth-order valence-corrected chi connectivity index (χ4v) is 0.757. The van der Waals surface area contributed by atoms with Crippen molar-refractivity contribution in [2.45, 2.75) is 6.36 Å². The number of ether oxygens (including phenoxy) is 1. The van der Waals surface area contributed by atoms with E-state index in [9.17, 15) is 17.6 Å². The second-order valence-electron chi connectivity index (χ2n) is 2.37. The minimum Gasteiger partial charge on any atom is -0.396 e. The van der Waals surface area contributed by atoms with Crippen LogP contribution in [0, 0.1) is 17.1 Å². The van der Waals surface area contributed by atoms with Crippen LogP contribution in [0.3, 0.4) is 0 Å². The van der Waals surface area contributed by atoms with Crippen molar-refractivity contribution in [2.24, 2.45) is 0 Å². The lowest BCUT2D eigenvalue weighted by Crippen LogP contribution is -2.19. The molecule has 0 aliphatic rings. The van der Waals surface area contributed by atoms with E-state index in [0.717, 1.165) is 0 Å². The van der Waals surface area contributed by atoms with E-state index in [2.05, 4.69) is 9.72 Å². The highest BCUT2D eigenvalue weighted by molar-refractivity contribution is 5.51. The highest BCUT2D eigenvalue weighted by Crippen LogP contribution is 2.25. The van der Waals surface area contributed by atoms with Crippen molar-refractivity contribution in [2.75, 3.05) is 5.73 Å². The number of nitrogen functional groups attached to an aromatic ring is 1. The molecule has 1 rings (SSSR count). The topological polar surface area (TPSA) is 71.9 Å². The Bertz CT molecular complexity index is 423. The van der Waals surface area contributed by atoms with Gasteiger partial charge in [0, 0.05) is 6.07 Å². The Morgan fingerprint density at radius 2 is 2.07 bits per heavy atom. The third-order valence-electron chi connectivity index (χ3n) is 1.29. The van der Waals surface area contributed by atoms with Gasteiger partial charge in [0.05, 0.1) is 5.69 Å². The fourth-order valence-electron chi connectivity index (χ4n) is 0.757. The number of nitrogens with two attached hydrogens (primary N) is 1. The molecule has 4 nitrogen and oxygen atoms in total. The van der Waals surface area contributed by atoms with Crippen LogP contribution in [0.1, 0.15) is 5.69 Å². The summed E-state index contributed by atoms with van der Waals surface area (Å²) in [6.45, 7) is 0. The molecular formula is C7H3F4N3O. The maximum absolute atomic E-state index is 12.8. The molecule has 2 N–H and O–H groups in total. The van der Waals surface area contributed by atoms with Gasteiger partial charge < -0.3 is 10.5 Å². The summed E-state index contributed by atoms with van der Waals surface area (Å²) in [6.07, 6.45) is -5.07. The summed E-state index contributed by atoms with van der Waals surface area (Å²) in [6, 6.07) is 1.93. The van der Waals surface area contributed by atoms with E-state index in [1.54, 1.807) is 0 Å². The highest BCUT2D eigenvalue weighted by Gasteiger charge is 2.33. The number of hydrogen-bond acceptors (Lipinski definition) is 4. The van der Waals surface area contributed by atoms with Gasteiger partial charge in [-0.2, -0.15) is 10.2 Å². The first-order valence-electron chi connectivity index (χ1n) is 3.45. The van der Waals surface area contributed by atoms with Crippen molar-refractivity contribution >= 4 is 5.69 Å². The molecule has 0 unspecified atom stereocenters. The molecule has 0 saturated heterocycles. The van der Waals surface area contributed by atoms with Crippen LogP contribution in [0.25, 0.3) is 0 Å². The summed E-state index contributed by atoms with van der Waals surface area (Å²) in [5.74, 6) is -2.71. The van der Waals surface area contributed by atoms with E-state index in [4.69, 9.17) is 11.0 Å². The second-order valence-corrected chi connectivity index (χ2v) is 2.37. The highest BCUT2D eigenvalue weighted by atomic mass is 19.4. The maximum Gasteiger partial charge on any atom is 0.574 e. The van der Waals surface area contributed by atoms with Gasteiger partial charge >= 0.3 is 6.36 Å². The normalized spacial score (nSPS) is 10.9. The molecule has 0 aromatic carbocycles. The van der Waals surface area contributed by atoms with Crippen LogP contribution >= 0.6 is 0 Å². The number of nitrogens with zero attached hydrogens (tertiary/aromatic N) is 2. The molecule has 0 aliphatic heterocycles. The Morgan fingerprint density at radius 3 is 2.53 bits per heavy atom. The molecule has 0 atom stereocenters. The predicted molar refractivity (Wildman–Crippen MR) is 40.0 cm³/mol. The lowest BCUT2D eigenvalue weighted by Gasteiger charge is -2.09. The van der Waals surface area contributed by atoms with Crippen molar-refractivity contribution in [1.82, 2.24) is 4.98 Å². The molecule has 0 bridgehead atoms. The van der Waals surface area contributed by atoms with Crippen molar-refractivity contribution in [3.05, 3.63) is 17.6 Å². The van der Waals surface area contributed by atoms with Gasteiger partial charge in [-0.25, -0.2) is 4.39 Å². The number of rotatable bonds is 1. The van der Waals surface area contributed by atoms with E-state index in [1.165, 1.54) is 6.07 Å². The minimum absolute atomic E-state index is 0.357. The third kappa shape index (κ3) is 2.70. The third-order valence-corrected chi connectivity index (χ3v) is 1.29. The zero-order chi connectivity index (χ0) is 11.6. The minimum atomic E-state index is -5.07. The molecule has 1 aromatic rings. The standard InChI is InChI=1S/C7H3F4N3O/c8-3-1-4(13)5(2-12)14-6(3)15-7(9,10)11/h1H,13H2. The Balaban J connectivity index is 3.15. The monoisotopic (exact) mass is 221 g/mol. The average Bonchev–Trinajstić information content (AvgIpc) is 2.07. The van der Waals surface area contributed by atoms with E-state index in [0.29, 0.717) is 6.07 Å². The smallest absolute Gasteiger partial charge is 0.396 e. The molecule has 0 fully saturated rings. The lowest BCUT2D eigenvalue weighted by atomic mass is 10.3. The van der Waals surface area contributed by atoms with Crippen LogP contribution in [0.4, 0.5) is 23.2 Å². The van der Waals surface area contributed by atoms with E-state index in [1.807, 2.05) is 0 Å². The van der Waals surface area contributed by atoms with Crippen LogP contribution in [0.2, 0.25) is 0 Å². The summed E-state index contributed by atoms with van der Waals surface area (Å²) in [7, 11) is 0. The summed E-state index contributed by atoms with van der Waals surface area (Å²) >= 11 is 0. The first-order chi connectivity index (χ1) is 6.83. The molecule has 0 amide bonds. The molecular weight excluding hydrogens is 218 g/mol. The summed E-state index contributed by atoms with van der Waals surface area (Å²) < 4.78 is 51.2. The number of alkyl halides is 3. The number of anilines is 1. The van der Waals surface area contributed by atoms with Gasteiger partial charge in [-0.15, -0.1) is 13.2 Å². The first kappa shape index (κ1) is 11.0. The van der Waals surface area contributed by atoms with Crippen LogP contribution < -0.4 is 10.5 Å². The lowest BCUT2D eigenvalue weighted by molar-refractivity contribution is -0.277. The second kappa shape index (κ2) is 3.61. The van der Waals surface area contributed by atoms with Gasteiger partial charge in [0.25, 0.3) is 5.88 Å². The van der Waals surface area contributed by atoms with Crippen LogP contribution in [0.5, 0.6) is 5.88 Å². The van der Waals surface area contributed by atoms with Gasteiger partial charge in [-0.3, -0.25) is 0 Å². The molecule has 8 heteroatoms. The SMILES string of the molecule is N#Cc1nc(OC(F)(F)F)c(F)cc1N. The summed E-state index contributed by atoms with van der Waals surface area (Å²) in [4.78, 5) is 2.97. The van der Waals surface area contributed by atoms with Crippen molar-refractivity contribution in [3.8, 4) is 11.9 Å². The van der Waals surface area contributed by atoms with Crippen molar-refractivity contribution < 1.29 is 22.3 Å². The van der Waals surface area contributed by atoms with Crippen molar-refractivity contribution in [1.29, 1.82) is 5.26 Å². The molecule has 0 radical (unpaired) electrons. The van der Waals surface area contributed by atoms with Gasteiger partial charge in [0.2, 0.25) is 0 Å². The van der Waals surface area contributed by atoms with E-state index >= 15 is 0 Å². The van der Waals surface area contributed by atoms with E-state index in [-0.39, 0.29) is 5.69 Å². The Labute approximate surface area is 80.9 Å². The van der Waals surface area contributed by atoms with Gasteiger partial charge in [0.1, 0.15) is 6.07 Å². The number of halogens is 4. The Hall–Kier alpha value is -2.04. The molecule has 1 heterocycles. The molecule has 0 aliphatic carbocycles. The van der Waals surface area contributed by atoms with Crippen LogP contribution in [0.15, 0.2) is 6.07 Å². The van der Waals surface area contributed by atoms with Crippen molar-refractivity contribution in [3.63, 3.8) is 0 Å². The van der Waals surface area contributed by atoms with Gasteiger partial charge in [0.15, 0.2) is 11.5 Å². The van der Waals surface area contributed by atoms with E-state index < -0.39 is 23.8 Å². The largest absolute Gasteiger partial charge is 0.574 e. The molecule has 0 spiro atoms. The molecule has 1 aromatic heterocycles. The predicted octanol–water partition coefficient (Wildman–Crippen LogP) is 1.57. The Morgan fingerprint density at radius 1 is 1.47 bits per heavy atom. The molecule has 80 valence electrons. The number of nitriles is 1. The number of pyridine rings is 1.